The van der Waals surface area contributed by atoms with E-state index in [1.54, 1.807) is 4.90 Å². The summed E-state index contributed by atoms with van der Waals surface area (Å²) in [6.07, 6.45) is 3.66. The highest BCUT2D eigenvalue weighted by Gasteiger charge is 2.36. The van der Waals surface area contributed by atoms with Gasteiger partial charge in [-0.3, -0.25) is 9.59 Å². The van der Waals surface area contributed by atoms with Crippen molar-refractivity contribution in [2.75, 3.05) is 13.1 Å². The van der Waals surface area contributed by atoms with Crippen LogP contribution in [0.5, 0.6) is 0 Å². The van der Waals surface area contributed by atoms with E-state index in [0.29, 0.717) is 19.5 Å². The summed E-state index contributed by atoms with van der Waals surface area (Å²) in [6, 6.07) is 7.93. The number of nitrogens with zero attached hydrogens (tertiary/aromatic N) is 1. The maximum Gasteiger partial charge on any atom is 0.242 e. The van der Waals surface area contributed by atoms with Crippen molar-refractivity contribution >= 4 is 11.8 Å². The van der Waals surface area contributed by atoms with E-state index >= 15 is 0 Å². The molecular formula is C17H22N2O2. The number of amides is 2. The van der Waals surface area contributed by atoms with Crippen molar-refractivity contribution in [3.63, 3.8) is 0 Å². The van der Waals surface area contributed by atoms with E-state index in [0.717, 1.165) is 24.8 Å². The first-order valence-corrected chi connectivity index (χ1v) is 7.88. The van der Waals surface area contributed by atoms with Crippen molar-refractivity contribution in [1.29, 1.82) is 0 Å². The molecule has 0 radical (unpaired) electrons. The molecule has 21 heavy (non-hydrogen) atoms. The van der Waals surface area contributed by atoms with Gasteiger partial charge in [0.1, 0.15) is 6.04 Å². The van der Waals surface area contributed by atoms with Crippen LogP contribution in [0.1, 0.15) is 43.2 Å². The molecule has 1 aliphatic carbocycles. The fourth-order valence-corrected chi connectivity index (χ4v) is 3.59. The lowest BCUT2D eigenvalue weighted by Crippen LogP contribution is -2.58. The second-order valence-electron chi connectivity index (χ2n) is 5.89. The molecule has 1 aromatic carbocycles. The zero-order valence-electron chi connectivity index (χ0n) is 12.5. The number of carbonyl (C=O) groups excluding carboxylic acids is 2. The number of carbonyl (C=O) groups is 2. The number of aryl methyl sites for hydroxylation is 1. The lowest BCUT2D eigenvalue weighted by atomic mass is 9.81. The maximum absolute atomic E-state index is 13.0. The fraction of sp³-hybridized carbons (Fsp3) is 0.529. The quantitative estimate of drug-likeness (QED) is 0.902. The van der Waals surface area contributed by atoms with Gasteiger partial charge in [0.05, 0.1) is 5.92 Å². The zero-order chi connectivity index (χ0) is 14.8. The molecular weight excluding hydrogens is 264 g/mol. The molecule has 4 nitrogen and oxygen atoms in total. The molecule has 1 fully saturated rings. The van der Waals surface area contributed by atoms with Crippen molar-refractivity contribution in [2.45, 2.75) is 44.6 Å². The first-order valence-electron chi connectivity index (χ1n) is 7.88. The number of hydrogen-bond acceptors (Lipinski definition) is 2. The van der Waals surface area contributed by atoms with Crippen LogP contribution in [0.25, 0.3) is 0 Å². The molecule has 1 aromatic rings. The summed E-state index contributed by atoms with van der Waals surface area (Å²) in [7, 11) is 0. The first-order chi connectivity index (χ1) is 10.2. The molecule has 2 aliphatic rings. The fourth-order valence-electron chi connectivity index (χ4n) is 3.59. The largest absolute Gasteiger partial charge is 0.353 e. The smallest absolute Gasteiger partial charge is 0.242 e. The monoisotopic (exact) mass is 286 g/mol. The van der Waals surface area contributed by atoms with Crippen LogP contribution in [0.2, 0.25) is 0 Å². The highest BCUT2D eigenvalue weighted by Crippen LogP contribution is 2.33. The molecule has 0 bridgehead atoms. The van der Waals surface area contributed by atoms with Gasteiger partial charge >= 0.3 is 0 Å². The SMILES string of the molecule is CCC1C(=O)NCCN1C(=O)C1CCCc2ccccc21. The number of hydrogen-bond donors (Lipinski definition) is 1. The third-order valence-electron chi connectivity index (χ3n) is 4.67. The normalized spacial score (nSPS) is 25.2. The summed E-state index contributed by atoms with van der Waals surface area (Å²) < 4.78 is 0. The van der Waals surface area contributed by atoms with Crippen LogP contribution in [-0.2, 0) is 16.0 Å². The number of nitrogens with one attached hydrogen (secondary N) is 1. The van der Waals surface area contributed by atoms with Crippen LogP contribution >= 0.6 is 0 Å². The van der Waals surface area contributed by atoms with Gasteiger partial charge in [0.15, 0.2) is 0 Å². The van der Waals surface area contributed by atoms with Crippen molar-refractivity contribution < 1.29 is 9.59 Å². The number of fused-ring (bicyclic) bond motifs is 1. The van der Waals surface area contributed by atoms with Gasteiger partial charge in [-0.25, -0.2) is 0 Å². The van der Waals surface area contributed by atoms with E-state index in [2.05, 4.69) is 17.4 Å². The maximum atomic E-state index is 13.0. The Morgan fingerprint density at radius 3 is 3.00 bits per heavy atom. The Morgan fingerprint density at radius 2 is 2.19 bits per heavy atom. The standard InChI is InChI=1S/C17H22N2O2/c1-2-15-16(20)18-10-11-19(15)17(21)14-9-5-7-12-6-3-4-8-13(12)14/h3-4,6,8,14-15H,2,5,7,9-11H2,1H3,(H,18,20). The van der Waals surface area contributed by atoms with Crippen LogP contribution in [0.3, 0.4) is 0 Å². The molecule has 3 rings (SSSR count). The molecule has 2 amide bonds. The lowest BCUT2D eigenvalue weighted by molar-refractivity contribution is -0.144. The summed E-state index contributed by atoms with van der Waals surface area (Å²) in [5, 5.41) is 2.86. The Bertz CT molecular complexity index is 555. The van der Waals surface area contributed by atoms with Gasteiger partial charge in [0, 0.05) is 13.1 Å². The summed E-state index contributed by atoms with van der Waals surface area (Å²) in [4.78, 5) is 26.7. The minimum absolute atomic E-state index is 0.0128. The Kier molecular flexibility index (Phi) is 3.95. The predicted molar refractivity (Wildman–Crippen MR) is 80.9 cm³/mol. The third kappa shape index (κ3) is 2.55. The molecule has 4 heteroatoms. The Labute approximate surface area is 125 Å². The Balaban J connectivity index is 1.87. The first kappa shape index (κ1) is 14.1. The van der Waals surface area contributed by atoms with Gasteiger partial charge in [-0.1, -0.05) is 31.2 Å². The third-order valence-corrected chi connectivity index (χ3v) is 4.67. The van der Waals surface area contributed by atoms with E-state index in [9.17, 15) is 9.59 Å². The van der Waals surface area contributed by atoms with Gasteiger partial charge in [0.25, 0.3) is 0 Å². The zero-order valence-corrected chi connectivity index (χ0v) is 12.5. The van der Waals surface area contributed by atoms with Gasteiger partial charge in [-0.05, 0) is 36.8 Å². The summed E-state index contributed by atoms with van der Waals surface area (Å²) in [5.74, 6) is 0.0416. The van der Waals surface area contributed by atoms with Crippen molar-refractivity contribution in [3.8, 4) is 0 Å². The number of rotatable bonds is 2. The Morgan fingerprint density at radius 1 is 1.38 bits per heavy atom. The highest BCUT2D eigenvalue weighted by atomic mass is 16.2. The van der Waals surface area contributed by atoms with Crippen LogP contribution in [0.4, 0.5) is 0 Å². The van der Waals surface area contributed by atoms with Gasteiger partial charge in [-0.2, -0.15) is 0 Å². The number of benzene rings is 1. The van der Waals surface area contributed by atoms with Crippen molar-refractivity contribution in [1.82, 2.24) is 10.2 Å². The molecule has 1 N–H and O–H groups in total. The second-order valence-corrected chi connectivity index (χ2v) is 5.89. The summed E-state index contributed by atoms with van der Waals surface area (Å²) in [5.41, 5.74) is 2.45. The number of piperazine rings is 1. The van der Waals surface area contributed by atoms with E-state index in [1.807, 2.05) is 19.1 Å². The van der Waals surface area contributed by atoms with Crippen LogP contribution < -0.4 is 5.32 Å². The van der Waals surface area contributed by atoms with E-state index in [-0.39, 0.29) is 23.8 Å². The highest BCUT2D eigenvalue weighted by molar-refractivity contribution is 5.91. The van der Waals surface area contributed by atoms with Crippen LogP contribution in [0.15, 0.2) is 24.3 Å². The molecule has 0 saturated carbocycles. The molecule has 2 unspecified atom stereocenters. The minimum atomic E-state index is -0.305. The molecule has 2 atom stereocenters. The Hall–Kier alpha value is -1.84. The van der Waals surface area contributed by atoms with Gasteiger partial charge < -0.3 is 10.2 Å². The van der Waals surface area contributed by atoms with Crippen LogP contribution in [0, 0.1) is 0 Å². The van der Waals surface area contributed by atoms with Gasteiger partial charge in [-0.15, -0.1) is 0 Å². The predicted octanol–water partition coefficient (Wildman–Crippen LogP) is 1.84. The summed E-state index contributed by atoms with van der Waals surface area (Å²) >= 11 is 0. The molecule has 1 aliphatic heterocycles. The molecule has 0 spiro atoms. The van der Waals surface area contributed by atoms with E-state index in [1.165, 1.54) is 5.56 Å². The van der Waals surface area contributed by atoms with E-state index < -0.39 is 0 Å². The average Bonchev–Trinajstić information content (AvgIpc) is 2.53. The van der Waals surface area contributed by atoms with E-state index in [4.69, 9.17) is 0 Å². The second kappa shape index (κ2) is 5.88. The van der Waals surface area contributed by atoms with Crippen molar-refractivity contribution in [2.24, 2.45) is 0 Å². The molecule has 1 heterocycles. The van der Waals surface area contributed by atoms with Crippen LogP contribution in [-0.4, -0.2) is 35.8 Å². The van der Waals surface area contributed by atoms with Gasteiger partial charge in [0.2, 0.25) is 11.8 Å². The minimum Gasteiger partial charge on any atom is -0.353 e. The molecule has 1 saturated heterocycles. The average molecular weight is 286 g/mol. The summed E-state index contributed by atoms with van der Waals surface area (Å²) in [6.45, 7) is 3.15. The topological polar surface area (TPSA) is 49.4 Å². The van der Waals surface area contributed by atoms with Crippen molar-refractivity contribution in [3.05, 3.63) is 35.4 Å². The lowest BCUT2D eigenvalue weighted by Gasteiger charge is -2.38. The molecule has 0 aromatic heterocycles. The molecule has 112 valence electrons.